The van der Waals surface area contributed by atoms with Gasteiger partial charge < -0.3 is 4.98 Å². The fourth-order valence-corrected chi connectivity index (χ4v) is 2.84. The summed E-state index contributed by atoms with van der Waals surface area (Å²) in [6, 6.07) is 41.7. The Bertz CT molecular complexity index is 1050. The first kappa shape index (κ1) is 24.9. The third kappa shape index (κ3) is 8.39. The molecule has 3 heteroatoms. The number of pyridine rings is 2. The number of aryl methyl sites for hydroxylation is 1. The normalized spacial score (nSPS) is 9.16. The molecule has 0 atom stereocenters. The smallest absolute Gasteiger partial charge is 0.0346 e. The molecule has 0 N–H and O–H groups in total. The largest absolute Gasteiger partial charge is 0.305 e. The van der Waals surface area contributed by atoms with Crippen LogP contribution in [-0.4, -0.2) is 9.97 Å². The van der Waals surface area contributed by atoms with E-state index < -0.39 is 0 Å². The van der Waals surface area contributed by atoms with Crippen LogP contribution in [0.5, 0.6) is 0 Å². The van der Waals surface area contributed by atoms with Crippen LogP contribution in [-0.2, 0) is 20.1 Å². The van der Waals surface area contributed by atoms with Crippen LogP contribution in [0.3, 0.4) is 0 Å². The summed E-state index contributed by atoms with van der Waals surface area (Å²) >= 11 is 0. The van der Waals surface area contributed by atoms with Gasteiger partial charge in [0.2, 0.25) is 0 Å². The van der Waals surface area contributed by atoms with E-state index in [0.29, 0.717) is 0 Å². The van der Waals surface area contributed by atoms with E-state index in [2.05, 4.69) is 59.4 Å². The number of rotatable bonds is 2. The van der Waals surface area contributed by atoms with Crippen LogP contribution in [0.1, 0.15) is 5.56 Å². The SMILES string of the molecule is Cc1ccccc1-c1cccnc1.[Ir].[c-]1ccccc1.[c-]1ccccc1-c1ccccn1. The van der Waals surface area contributed by atoms with Gasteiger partial charge in [0, 0.05) is 44.3 Å². The first-order chi connectivity index (χ1) is 15.3. The molecule has 0 saturated carbocycles. The predicted molar refractivity (Wildman–Crippen MR) is 128 cm³/mol. The maximum absolute atomic E-state index is 4.22. The standard InChI is InChI=1S/C12H11N.C11H8N.C6H5.Ir/c1-10-5-2-3-7-12(10)11-6-4-8-13-9-11;1-2-6-10(7-3-1)11-8-4-5-9-12-11;1-2-4-6-5-3-1;/h2-9H,1H3;1-6,8-9H;1-5H;/q;2*-1;. The van der Waals surface area contributed by atoms with Gasteiger partial charge in [0.1, 0.15) is 0 Å². The van der Waals surface area contributed by atoms with E-state index in [1.807, 2.05) is 85.1 Å². The molecule has 0 aliphatic carbocycles. The van der Waals surface area contributed by atoms with Gasteiger partial charge in [0.25, 0.3) is 0 Å². The molecule has 0 amide bonds. The molecule has 2 heterocycles. The molecule has 0 unspecified atom stereocenters. The first-order valence-corrected chi connectivity index (χ1v) is 10.1. The second-order valence-electron chi connectivity index (χ2n) is 6.63. The maximum atomic E-state index is 4.22. The second kappa shape index (κ2) is 14.6. The average Bonchev–Trinajstić information content (AvgIpc) is 2.88. The Labute approximate surface area is 204 Å². The monoisotopic (exact) mass is 593 g/mol. The van der Waals surface area contributed by atoms with Gasteiger partial charge in [-0.25, -0.2) is 0 Å². The Balaban J connectivity index is 0.000000178. The van der Waals surface area contributed by atoms with Gasteiger partial charge in [-0.1, -0.05) is 42.5 Å². The van der Waals surface area contributed by atoms with Gasteiger partial charge in [0.15, 0.2) is 0 Å². The molecule has 0 aliphatic heterocycles. The quantitative estimate of drug-likeness (QED) is 0.205. The first-order valence-electron chi connectivity index (χ1n) is 10.1. The van der Waals surface area contributed by atoms with Crippen molar-refractivity contribution in [1.29, 1.82) is 0 Å². The van der Waals surface area contributed by atoms with Crippen molar-refractivity contribution in [1.82, 2.24) is 9.97 Å². The number of benzene rings is 3. The molecule has 0 aliphatic rings. The molecule has 5 rings (SSSR count). The summed E-state index contributed by atoms with van der Waals surface area (Å²) in [5.41, 5.74) is 5.74. The number of nitrogens with zero attached hydrogens (tertiary/aromatic N) is 2. The fourth-order valence-electron chi connectivity index (χ4n) is 2.84. The maximum Gasteiger partial charge on any atom is 0.0346 e. The summed E-state index contributed by atoms with van der Waals surface area (Å²) in [7, 11) is 0. The number of hydrogen-bond acceptors (Lipinski definition) is 2. The molecule has 161 valence electrons. The van der Waals surface area contributed by atoms with Crippen LogP contribution < -0.4 is 0 Å². The van der Waals surface area contributed by atoms with Gasteiger partial charge in [0.05, 0.1) is 0 Å². The predicted octanol–water partition coefficient (Wildman–Crippen LogP) is 7.09. The summed E-state index contributed by atoms with van der Waals surface area (Å²) in [4.78, 5) is 8.32. The fraction of sp³-hybridized carbons (Fsp3) is 0.0345. The van der Waals surface area contributed by atoms with Gasteiger partial charge in [-0.2, -0.15) is 36.4 Å². The van der Waals surface area contributed by atoms with Gasteiger partial charge in [-0.05, 0) is 35.9 Å². The molecule has 0 fully saturated rings. The molecule has 0 saturated heterocycles. The minimum atomic E-state index is 0. The van der Waals surface area contributed by atoms with Gasteiger partial charge in [-0.3, -0.25) is 4.98 Å². The van der Waals surface area contributed by atoms with Crippen molar-refractivity contribution in [3.8, 4) is 22.4 Å². The number of aromatic nitrogens is 2. The molecule has 0 bridgehead atoms. The van der Waals surface area contributed by atoms with Gasteiger partial charge >= 0.3 is 0 Å². The molecular formula is C29H24IrN2-2. The van der Waals surface area contributed by atoms with Crippen LogP contribution >= 0.6 is 0 Å². The third-order valence-corrected chi connectivity index (χ3v) is 4.37. The molecule has 2 nitrogen and oxygen atoms in total. The van der Waals surface area contributed by atoms with E-state index in [-0.39, 0.29) is 20.1 Å². The van der Waals surface area contributed by atoms with Crippen LogP contribution in [0, 0.1) is 19.1 Å². The molecule has 3 aromatic carbocycles. The molecule has 0 spiro atoms. The van der Waals surface area contributed by atoms with Crippen molar-refractivity contribution in [2.24, 2.45) is 0 Å². The summed E-state index contributed by atoms with van der Waals surface area (Å²) in [5.74, 6) is 0. The van der Waals surface area contributed by atoms with Crippen molar-refractivity contribution in [2.45, 2.75) is 6.92 Å². The average molecular weight is 593 g/mol. The minimum Gasteiger partial charge on any atom is -0.305 e. The topological polar surface area (TPSA) is 25.8 Å². The van der Waals surface area contributed by atoms with E-state index in [0.717, 1.165) is 11.3 Å². The molecule has 1 radical (unpaired) electrons. The molecule has 5 aromatic rings. The van der Waals surface area contributed by atoms with Crippen LogP contribution in [0.2, 0.25) is 0 Å². The van der Waals surface area contributed by atoms with E-state index in [1.54, 1.807) is 12.4 Å². The summed E-state index contributed by atoms with van der Waals surface area (Å²) in [5, 5.41) is 0. The Hall–Kier alpha value is -3.39. The van der Waals surface area contributed by atoms with Gasteiger partial charge in [-0.15, -0.1) is 35.9 Å². The van der Waals surface area contributed by atoms with E-state index in [9.17, 15) is 0 Å². The van der Waals surface area contributed by atoms with E-state index in [4.69, 9.17) is 0 Å². The Morgan fingerprint density at radius 3 is 1.97 bits per heavy atom. The Morgan fingerprint density at radius 1 is 0.656 bits per heavy atom. The van der Waals surface area contributed by atoms with Crippen LogP contribution in [0.4, 0.5) is 0 Å². The zero-order valence-electron chi connectivity index (χ0n) is 17.9. The third-order valence-electron chi connectivity index (χ3n) is 4.37. The minimum absolute atomic E-state index is 0. The van der Waals surface area contributed by atoms with Crippen molar-refractivity contribution >= 4 is 0 Å². The Kier molecular flexibility index (Phi) is 11.3. The molecular weight excluding hydrogens is 569 g/mol. The zero-order valence-corrected chi connectivity index (χ0v) is 20.2. The molecule has 32 heavy (non-hydrogen) atoms. The van der Waals surface area contributed by atoms with E-state index in [1.165, 1.54) is 16.7 Å². The van der Waals surface area contributed by atoms with Crippen molar-refractivity contribution in [2.75, 3.05) is 0 Å². The van der Waals surface area contributed by atoms with E-state index >= 15 is 0 Å². The Morgan fingerprint density at radius 2 is 1.41 bits per heavy atom. The summed E-state index contributed by atoms with van der Waals surface area (Å²) < 4.78 is 0. The van der Waals surface area contributed by atoms with Crippen molar-refractivity contribution < 1.29 is 20.1 Å². The molecule has 2 aromatic heterocycles. The van der Waals surface area contributed by atoms with Crippen molar-refractivity contribution in [3.05, 3.63) is 145 Å². The second-order valence-corrected chi connectivity index (χ2v) is 6.63. The van der Waals surface area contributed by atoms with Crippen LogP contribution in [0.15, 0.2) is 128 Å². The number of hydrogen-bond donors (Lipinski definition) is 0. The summed E-state index contributed by atoms with van der Waals surface area (Å²) in [6.07, 6.45) is 5.47. The van der Waals surface area contributed by atoms with Crippen LogP contribution in [0.25, 0.3) is 22.4 Å². The van der Waals surface area contributed by atoms with Crippen molar-refractivity contribution in [3.63, 3.8) is 0 Å². The zero-order chi connectivity index (χ0) is 21.6. The summed E-state index contributed by atoms with van der Waals surface area (Å²) in [6.45, 7) is 2.11.